The van der Waals surface area contributed by atoms with Gasteiger partial charge >= 0.3 is 6.03 Å². The molecule has 1 N–H and O–H groups in total. The molecule has 0 radical (unpaired) electrons. The van der Waals surface area contributed by atoms with Crippen LogP contribution in [-0.2, 0) is 0 Å². The second-order valence-electron chi connectivity index (χ2n) is 4.56. The van der Waals surface area contributed by atoms with Crippen molar-refractivity contribution >= 4 is 6.03 Å². The summed E-state index contributed by atoms with van der Waals surface area (Å²) >= 11 is 0. The second kappa shape index (κ2) is 6.93. The van der Waals surface area contributed by atoms with Crippen LogP contribution >= 0.6 is 0 Å². The number of hydrogen-bond donors (Lipinski definition) is 1. The lowest BCUT2D eigenvalue weighted by Crippen LogP contribution is -2.48. The molecule has 0 aliphatic carbocycles. The molecular formula is C13H20N4O3. The molecule has 1 unspecified atom stereocenters. The van der Waals surface area contributed by atoms with Crippen molar-refractivity contribution in [1.82, 2.24) is 20.2 Å². The number of amides is 2. The Labute approximate surface area is 118 Å². The number of ether oxygens (including phenoxy) is 2. The van der Waals surface area contributed by atoms with Crippen LogP contribution in [0.15, 0.2) is 12.4 Å². The number of nitrogens with one attached hydrogen (secondary N) is 1. The number of methoxy groups -OCH3 is 1. The fraction of sp³-hybridized carbons (Fsp3) is 0.615. The molecule has 1 aromatic rings. The molecule has 0 spiro atoms. The molecule has 0 bridgehead atoms. The SMILES string of the molecule is CCNC(=O)N1CCCC(Oc2cncc(OC)n2)C1. The number of rotatable bonds is 4. The molecule has 2 amide bonds. The highest BCUT2D eigenvalue weighted by Gasteiger charge is 2.25. The highest BCUT2D eigenvalue weighted by atomic mass is 16.5. The quantitative estimate of drug-likeness (QED) is 0.892. The van der Waals surface area contributed by atoms with Crippen LogP contribution in [0.4, 0.5) is 4.79 Å². The molecule has 0 aromatic carbocycles. The number of carbonyl (C=O) groups is 1. The summed E-state index contributed by atoms with van der Waals surface area (Å²) in [5.41, 5.74) is 0. The van der Waals surface area contributed by atoms with Crippen LogP contribution in [0.3, 0.4) is 0 Å². The molecule has 0 saturated carbocycles. The zero-order valence-electron chi connectivity index (χ0n) is 11.8. The molecule has 7 nitrogen and oxygen atoms in total. The standard InChI is InChI=1S/C13H20N4O3/c1-3-15-13(18)17-6-4-5-10(9-17)20-12-8-14-7-11(16-12)19-2/h7-8,10H,3-6,9H2,1-2H3,(H,15,18). The van der Waals surface area contributed by atoms with Gasteiger partial charge in [-0.2, -0.15) is 4.98 Å². The van der Waals surface area contributed by atoms with Crippen LogP contribution in [0.1, 0.15) is 19.8 Å². The van der Waals surface area contributed by atoms with Gasteiger partial charge in [-0.25, -0.2) is 4.79 Å². The average molecular weight is 280 g/mol. The molecule has 7 heteroatoms. The van der Waals surface area contributed by atoms with E-state index in [0.717, 1.165) is 19.4 Å². The molecule has 1 aliphatic heterocycles. The van der Waals surface area contributed by atoms with Gasteiger partial charge in [0.05, 0.1) is 26.0 Å². The summed E-state index contributed by atoms with van der Waals surface area (Å²) in [7, 11) is 1.53. The summed E-state index contributed by atoms with van der Waals surface area (Å²) in [4.78, 5) is 21.7. The molecule has 1 aromatic heterocycles. The number of urea groups is 1. The minimum Gasteiger partial charge on any atom is -0.480 e. The Morgan fingerprint density at radius 2 is 2.30 bits per heavy atom. The average Bonchev–Trinajstić information content (AvgIpc) is 2.48. The van der Waals surface area contributed by atoms with Crippen molar-refractivity contribution in [2.24, 2.45) is 0 Å². The molecule has 1 saturated heterocycles. The highest BCUT2D eigenvalue weighted by Crippen LogP contribution is 2.18. The van der Waals surface area contributed by atoms with E-state index in [1.807, 2.05) is 6.92 Å². The van der Waals surface area contributed by atoms with E-state index in [2.05, 4.69) is 15.3 Å². The number of likely N-dealkylation sites (tertiary alicyclic amines) is 1. The first-order valence-electron chi connectivity index (χ1n) is 6.78. The normalized spacial score (nSPS) is 18.5. The third-order valence-corrected chi connectivity index (χ3v) is 3.08. The Kier molecular flexibility index (Phi) is 4.97. The molecule has 110 valence electrons. The van der Waals surface area contributed by atoms with E-state index >= 15 is 0 Å². The Balaban J connectivity index is 1.93. The van der Waals surface area contributed by atoms with Gasteiger partial charge in [-0.3, -0.25) is 4.98 Å². The van der Waals surface area contributed by atoms with Crippen LogP contribution < -0.4 is 14.8 Å². The Hall–Kier alpha value is -2.05. The highest BCUT2D eigenvalue weighted by molar-refractivity contribution is 5.74. The predicted octanol–water partition coefficient (Wildman–Crippen LogP) is 1.06. The van der Waals surface area contributed by atoms with E-state index in [4.69, 9.17) is 9.47 Å². The summed E-state index contributed by atoms with van der Waals surface area (Å²) in [6, 6.07) is -0.0440. The minimum absolute atomic E-state index is 0.0440. The van der Waals surface area contributed by atoms with Crippen molar-refractivity contribution in [2.45, 2.75) is 25.9 Å². The molecule has 1 fully saturated rings. The Morgan fingerprint density at radius 1 is 1.50 bits per heavy atom. The maximum absolute atomic E-state index is 11.8. The topological polar surface area (TPSA) is 76.6 Å². The number of hydrogen-bond acceptors (Lipinski definition) is 5. The van der Waals surface area contributed by atoms with E-state index < -0.39 is 0 Å². The summed E-state index contributed by atoms with van der Waals surface area (Å²) in [6.07, 6.45) is 4.82. The molecule has 20 heavy (non-hydrogen) atoms. The zero-order chi connectivity index (χ0) is 14.4. The smallest absolute Gasteiger partial charge is 0.317 e. The van der Waals surface area contributed by atoms with Crippen molar-refractivity contribution in [3.63, 3.8) is 0 Å². The van der Waals surface area contributed by atoms with E-state index in [9.17, 15) is 4.79 Å². The zero-order valence-corrected chi connectivity index (χ0v) is 11.8. The Morgan fingerprint density at radius 3 is 3.05 bits per heavy atom. The lowest BCUT2D eigenvalue weighted by atomic mass is 10.1. The van der Waals surface area contributed by atoms with Gasteiger partial charge in [0.2, 0.25) is 11.8 Å². The van der Waals surface area contributed by atoms with E-state index in [-0.39, 0.29) is 12.1 Å². The van der Waals surface area contributed by atoms with Crippen LogP contribution in [-0.4, -0.2) is 53.7 Å². The van der Waals surface area contributed by atoms with Gasteiger partial charge in [-0.05, 0) is 19.8 Å². The van der Waals surface area contributed by atoms with Gasteiger partial charge < -0.3 is 19.7 Å². The molecule has 2 heterocycles. The van der Waals surface area contributed by atoms with E-state index in [1.165, 1.54) is 13.3 Å². The van der Waals surface area contributed by atoms with Gasteiger partial charge in [-0.15, -0.1) is 0 Å². The number of aromatic nitrogens is 2. The Bertz CT molecular complexity index is 455. The first-order chi connectivity index (χ1) is 9.72. The summed E-state index contributed by atoms with van der Waals surface area (Å²) in [5, 5.41) is 2.80. The molecule has 1 atom stereocenters. The van der Waals surface area contributed by atoms with Crippen molar-refractivity contribution < 1.29 is 14.3 Å². The van der Waals surface area contributed by atoms with Gasteiger partial charge in [-0.1, -0.05) is 0 Å². The summed E-state index contributed by atoms with van der Waals surface area (Å²) in [5.74, 6) is 0.839. The number of piperidine rings is 1. The number of carbonyl (C=O) groups excluding carboxylic acids is 1. The first-order valence-corrected chi connectivity index (χ1v) is 6.78. The third kappa shape index (κ3) is 3.72. The molecule has 2 rings (SSSR count). The minimum atomic E-state index is -0.0623. The fourth-order valence-corrected chi connectivity index (χ4v) is 2.14. The van der Waals surface area contributed by atoms with Crippen molar-refractivity contribution in [2.75, 3.05) is 26.7 Å². The van der Waals surface area contributed by atoms with Crippen LogP contribution in [0, 0.1) is 0 Å². The predicted molar refractivity (Wildman–Crippen MR) is 72.9 cm³/mol. The largest absolute Gasteiger partial charge is 0.480 e. The first kappa shape index (κ1) is 14.4. The molecular weight excluding hydrogens is 260 g/mol. The lowest BCUT2D eigenvalue weighted by Gasteiger charge is -2.32. The third-order valence-electron chi connectivity index (χ3n) is 3.08. The maximum Gasteiger partial charge on any atom is 0.317 e. The summed E-state index contributed by atoms with van der Waals surface area (Å²) in [6.45, 7) is 3.85. The van der Waals surface area contributed by atoms with Crippen molar-refractivity contribution in [3.05, 3.63) is 12.4 Å². The fourth-order valence-electron chi connectivity index (χ4n) is 2.14. The summed E-state index contributed by atoms with van der Waals surface area (Å²) < 4.78 is 10.8. The van der Waals surface area contributed by atoms with Gasteiger partial charge in [0.15, 0.2) is 0 Å². The second-order valence-corrected chi connectivity index (χ2v) is 4.56. The van der Waals surface area contributed by atoms with Crippen LogP contribution in [0.2, 0.25) is 0 Å². The van der Waals surface area contributed by atoms with Crippen molar-refractivity contribution in [1.29, 1.82) is 0 Å². The van der Waals surface area contributed by atoms with Crippen LogP contribution in [0.25, 0.3) is 0 Å². The maximum atomic E-state index is 11.8. The molecule has 1 aliphatic rings. The van der Waals surface area contributed by atoms with Crippen molar-refractivity contribution in [3.8, 4) is 11.8 Å². The van der Waals surface area contributed by atoms with Gasteiger partial charge in [0.1, 0.15) is 6.10 Å². The van der Waals surface area contributed by atoms with Gasteiger partial charge in [0.25, 0.3) is 0 Å². The lowest BCUT2D eigenvalue weighted by molar-refractivity contribution is 0.0971. The van der Waals surface area contributed by atoms with Crippen LogP contribution in [0.5, 0.6) is 11.8 Å². The van der Waals surface area contributed by atoms with E-state index in [0.29, 0.717) is 24.8 Å². The van der Waals surface area contributed by atoms with Gasteiger partial charge in [0, 0.05) is 13.1 Å². The van der Waals surface area contributed by atoms with E-state index in [1.54, 1.807) is 11.1 Å². The number of nitrogens with zero attached hydrogens (tertiary/aromatic N) is 3. The monoisotopic (exact) mass is 280 g/mol.